The molecule has 0 spiro atoms. The van der Waals surface area contributed by atoms with Crippen LogP contribution in [-0.2, 0) is 10.0 Å². The summed E-state index contributed by atoms with van der Waals surface area (Å²) >= 11 is 6.07. The molecule has 0 atom stereocenters. The van der Waals surface area contributed by atoms with Crippen molar-refractivity contribution in [1.29, 1.82) is 0 Å². The predicted molar refractivity (Wildman–Crippen MR) is 131 cm³/mol. The molecule has 1 aromatic heterocycles. The lowest BCUT2D eigenvalue weighted by molar-refractivity contribution is 0.0698. The number of amides is 1. The molecule has 0 radical (unpaired) electrons. The Kier molecular flexibility index (Phi) is 6.33. The summed E-state index contributed by atoms with van der Waals surface area (Å²) < 4.78 is 27.6. The predicted octanol–water partition coefficient (Wildman–Crippen LogP) is 3.33. The number of hydrogen-bond acceptors (Lipinski definition) is 6. The number of nitrogens with zero attached hydrogens (tertiary/aromatic N) is 5. The highest BCUT2D eigenvalue weighted by Crippen LogP contribution is 2.24. The van der Waals surface area contributed by atoms with Crippen molar-refractivity contribution in [2.75, 3.05) is 26.2 Å². The van der Waals surface area contributed by atoms with E-state index >= 15 is 0 Å². The number of carbonyl (C=O) groups excluding carboxylic acids is 1. The van der Waals surface area contributed by atoms with Crippen LogP contribution in [0.2, 0.25) is 5.02 Å². The average molecular weight is 509 g/mol. The Bertz CT molecular complexity index is 1430. The van der Waals surface area contributed by atoms with Crippen molar-refractivity contribution in [2.45, 2.75) is 4.90 Å². The third-order valence-corrected chi connectivity index (χ3v) is 8.06. The SMILES string of the molecule is O=C(c1ccc(-c2cccc(Cl)c2)cc1)N1CCN(S(=O)(=O)c2ccc(-c3nn[nH]n3)cc2)CC1. The van der Waals surface area contributed by atoms with Crippen LogP contribution in [0.15, 0.2) is 77.7 Å². The molecule has 5 rings (SSSR count). The molecule has 0 saturated carbocycles. The molecule has 1 N–H and O–H groups in total. The van der Waals surface area contributed by atoms with Crippen LogP contribution in [0.1, 0.15) is 10.4 Å². The van der Waals surface area contributed by atoms with Crippen LogP contribution in [-0.4, -0.2) is 70.3 Å². The molecule has 0 aliphatic carbocycles. The monoisotopic (exact) mass is 508 g/mol. The fourth-order valence-electron chi connectivity index (χ4n) is 4.00. The molecule has 2 heterocycles. The van der Waals surface area contributed by atoms with Gasteiger partial charge in [-0.25, -0.2) is 8.42 Å². The number of carbonyl (C=O) groups is 1. The zero-order valence-corrected chi connectivity index (χ0v) is 20.1. The second-order valence-corrected chi connectivity index (χ2v) is 10.4. The molecule has 1 aliphatic rings. The van der Waals surface area contributed by atoms with Crippen molar-refractivity contribution in [3.63, 3.8) is 0 Å². The smallest absolute Gasteiger partial charge is 0.253 e. The summed E-state index contributed by atoms with van der Waals surface area (Å²) in [5.41, 5.74) is 3.16. The largest absolute Gasteiger partial charge is 0.336 e. The molecule has 178 valence electrons. The minimum absolute atomic E-state index is 0.121. The van der Waals surface area contributed by atoms with E-state index < -0.39 is 10.0 Å². The first-order valence-electron chi connectivity index (χ1n) is 10.9. The van der Waals surface area contributed by atoms with E-state index in [1.54, 1.807) is 29.2 Å². The molecule has 1 saturated heterocycles. The van der Waals surface area contributed by atoms with Gasteiger partial charge in [0, 0.05) is 42.3 Å². The standard InChI is InChI=1S/C24H21ClN6O3S/c25-21-3-1-2-20(16-21)17-4-6-19(7-5-17)24(32)30-12-14-31(15-13-30)35(33,34)22-10-8-18(9-11-22)23-26-28-29-27-23/h1-11,16H,12-15H2,(H,26,27,28,29). The number of nitrogens with one attached hydrogen (secondary N) is 1. The van der Waals surface area contributed by atoms with Crippen molar-refractivity contribution in [1.82, 2.24) is 29.8 Å². The van der Waals surface area contributed by atoms with Crippen LogP contribution < -0.4 is 0 Å². The molecule has 3 aromatic carbocycles. The van der Waals surface area contributed by atoms with Gasteiger partial charge in [0.05, 0.1) is 4.90 Å². The molecule has 9 nitrogen and oxygen atoms in total. The van der Waals surface area contributed by atoms with E-state index in [4.69, 9.17) is 11.6 Å². The van der Waals surface area contributed by atoms with E-state index in [9.17, 15) is 13.2 Å². The van der Waals surface area contributed by atoms with Gasteiger partial charge in [0.2, 0.25) is 15.8 Å². The van der Waals surface area contributed by atoms with E-state index in [2.05, 4.69) is 20.6 Å². The number of hydrogen-bond donors (Lipinski definition) is 1. The number of piperazine rings is 1. The number of rotatable bonds is 5. The molecular weight excluding hydrogens is 488 g/mol. The Hall–Kier alpha value is -3.60. The molecule has 35 heavy (non-hydrogen) atoms. The number of H-pyrrole nitrogens is 1. The van der Waals surface area contributed by atoms with Gasteiger partial charge < -0.3 is 4.90 Å². The first kappa shape index (κ1) is 23.2. The summed E-state index contributed by atoms with van der Waals surface area (Å²) in [6.45, 7) is 1.08. The zero-order chi connectivity index (χ0) is 24.4. The molecule has 11 heteroatoms. The highest BCUT2D eigenvalue weighted by Gasteiger charge is 2.30. The van der Waals surface area contributed by atoms with E-state index in [0.717, 1.165) is 11.1 Å². The topological polar surface area (TPSA) is 112 Å². The van der Waals surface area contributed by atoms with Crippen molar-refractivity contribution in [3.05, 3.63) is 83.4 Å². The number of halogens is 1. The second-order valence-electron chi connectivity index (χ2n) is 8.04. The van der Waals surface area contributed by atoms with Gasteiger partial charge in [0.15, 0.2) is 0 Å². The number of aromatic amines is 1. The van der Waals surface area contributed by atoms with Crippen LogP contribution in [0.25, 0.3) is 22.5 Å². The van der Waals surface area contributed by atoms with E-state index in [-0.39, 0.29) is 23.9 Å². The third kappa shape index (κ3) is 4.81. The summed E-state index contributed by atoms with van der Waals surface area (Å²) in [7, 11) is -3.68. The van der Waals surface area contributed by atoms with Gasteiger partial charge in [0.1, 0.15) is 0 Å². The molecule has 1 aliphatic heterocycles. The number of benzene rings is 3. The number of tetrazole rings is 1. The van der Waals surface area contributed by atoms with Crippen molar-refractivity contribution in [3.8, 4) is 22.5 Å². The van der Waals surface area contributed by atoms with Gasteiger partial charge in [-0.2, -0.15) is 9.52 Å². The number of sulfonamides is 1. The van der Waals surface area contributed by atoms with Crippen LogP contribution in [0.3, 0.4) is 0 Å². The fraction of sp³-hybridized carbons (Fsp3) is 0.167. The summed E-state index contributed by atoms with van der Waals surface area (Å²) in [4.78, 5) is 14.9. The van der Waals surface area contributed by atoms with E-state index in [0.29, 0.717) is 35.1 Å². The lowest BCUT2D eigenvalue weighted by Gasteiger charge is -2.34. The van der Waals surface area contributed by atoms with E-state index in [1.807, 2.05) is 36.4 Å². The minimum Gasteiger partial charge on any atom is -0.336 e. The van der Waals surface area contributed by atoms with Gasteiger partial charge in [-0.05, 0) is 64.9 Å². The highest BCUT2D eigenvalue weighted by atomic mass is 35.5. The van der Waals surface area contributed by atoms with Crippen LogP contribution >= 0.6 is 11.6 Å². The maximum atomic E-state index is 13.1. The first-order chi connectivity index (χ1) is 16.9. The van der Waals surface area contributed by atoms with Gasteiger partial charge in [0.25, 0.3) is 5.91 Å². The van der Waals surface area contributed by atoms with Crippen molar-refractivity contribution >= 4 is 27.5 Å². The Labute approximate surface area is 207 Å². The molecule has 0 bridgehead atoms. The van der Waals surface area contributed by atoms with Crippen molar-refractivity contribution in [2.24, 2.45) is 0 Å². The molecule has 4 aromatic rings. The Morgan fingerprint density at radius 1 is 0.857 bits per heavy atom. The fourth-order valence-corrected chi connectivity index (χ4v) is 5.61. The lowest BCUT2D eigenvalue weighted by atomic mass is 10.0. The second kappa shape index (κ2) is 9.57. The van der Waals surface area contributed by atoms with E-state index in [1.165, 1.54) is 16.4 Å². The van der Waals surface area contributed by atoms with Crippen LogP contribution in [0.5, 0.6) is 0 Å². The van der Waals surface area contributed by atoms with Gasteiger partial charge in [-0.1, -0.05) is 35.9 Å². The summed E-state index contributed by atoms with van der Waals surface area (Å²) in [6.07, 6.45) is 0. The molecule has 1 fully saturated rings. The van der Waals surface area contributed by atoms with Crippen LogP contribution in [0.4, 0.5) is 0 Å². The lowest BCUT2D eigenvalue weighted by Crippen LogP contribution is -2.50. The maximum Gasteiger partial charge on any atom is 0.253 e. The average Bonchev–Trinajstić information content (AvgIpc) is 3.44. The Morgan fingerprint density at radius 2 is 1.54 bits per heavy atom. The normalized spacial score (nSPS) is 14.7. The van der Waals surface area contributed by atoms with Crippen LogP contribution in [0, 0.1) is 0 Å². The minimum atomic E-state index is -3.68. The highest BCUT2D eigenvalue weighted by molar-refractivity contribution is 7.89. The molecular formula is C24H21ClN6O3S. The summed E-state index contributed by atoms with van der Waals surface area (Å²) in [6, 6.07) is 21.2. The Balaban J connectivity index is 1.23. The molecule has 1 amide bonds. The van der Waals surface area contributed by atoms with Gasteiger partial charge in [-0.15, -0.1) is 10.2 Å². The quantitative estimate of drug-likeness (QED) is 0.442. The zero-order valence-electron chi connectivity index (χ0n) is 18.5. The summed E-state index contributed by atoms with van der Waals surface area (Å²) in [5.74, 6) is 0.269. The van der Waals surface area contributed by atoms with Crippen molar-refractivity contribution < 1.29 is 13.2 Å². The molecule has 0 unspecified atom stereocenters. The number of aromatic nitrogens is 4. The first-order valence-corrected chi connectivity index (χ1v) is 12.7. The third-order valence-electron chi connectivity index (χ3n) is 5.91. The van der Waals surface area contributed by atoms with Gasteiger partial charge >= 0.3 is 0 Å². The maximum absolute atomic E-state index is 13.1. The Morgan fingerprint density at radius 3 is 2.17 bits per heavy atom. The summed E-state index contributed by atoms with van der Waals surface area (Å²) in [5, 5.41) is 14.3. The van der Waals surface area contributed by atoms with Gasteiger partial charge in [-0.3, -0.25) is 4.79 Å².